The molecule has 0 fully saturated rings. The molecule has 0 atom stereocenters. The summed E-state index contributed by atoms with van der Waals surface area (Å²) in [6.07, 6.45) is 9.20. The average molecular weight is 407 g/mol. The first-order valence-corrected chi connectivity index (χ1v) is 10.9. The fourth-order valence-electron chi connectivity index (χ4n) is 3.63. The fraction of sp³-hybridized carbons (Fsp3) is 0.400. The van der Waals surface area contributed by atoms with E-state index in [1.807, 2.05) is 36.4 Å². The number of hydrogen-bond donors (Lipinski definition) is 1. The normalized spacial score (nSPS) is 11.0. The maximum atomic E-state index is 12.2. The Labute approximate surface area is 177 Å². The van der Waals surface area contributed by atoms with E-state index in [4.69, 9.17) is 4.74 Å². The minimum absolute atomic E-state index is 0.187. The molecule has 1 aromatic heterocycles. The van der Waals surface area contributed by atoms with Crippen LogP contribution < -0.4 is 10.3 Å². The zero-order valence-electron chi connectivity index (χ0n) is 17.7. The topological polar surface area (TPSA) is 72.0 Å². The fourth-order valence-corrected chi connectivity index (χ4v) is 3.63. The van der Waals surface area contributed by atoms with Gasteiger partial charge < -0.3 is 4.74 Å². The summed E-state index contributed by atoms with van der Waals surface area (Å²) in [7, 11) is 0. The molecule has 0 saturated heterocycles. The summed E-state index contributed by atoms with van der Waals surface area (Å²) in [5, 5.41) is 8.25. The summed E-state index contributed by atoms with van der Waals surface area (Å²) in [6, 6.07) is 14.9. The van der Waals surface area contributed by atoms with Gasteiger partial charge in [0.05, 0.1) is 11.1 Å². The lowest BCUT2D eigenvalue weighted by Gasteiger charge is -2.08. The number of rotatable bonds is 11. The summed E-state index contributed by atoms with van der Waals surface area (Å²) >= 11 is 0. The molecule has 0 amide bonds. The zero-order chi connectivity index (χ0) is 21.2. The molecule has 3 rings (SSSR count). The van der Waals surface area contributed by atoms with Crippen molar-refractivity contribution in [1.29, 1.82) is 0 Å². The van der Waals surface area contributed by atoms with Gasteiger partial charge in [0.1, 0.15) is 5.75 Å². The molecule has 158 valence electrons. The minimum Gasteiger partial charge on any atom is -0.427 e. The molecule has 0 aliphatic carbocycles. The van der Waals surface area contributed by atoms with Gasteiger partial charge in [0.15, 0.2) is 0 Å². The first-order chi connectivity index (χ1) is 14.7. The third-order valence-corrected chi connectivity index (χ3v) is 5.26. The van der Waals surface area contributed by atoms with E-state index >= 15 is 0 Å². The van der Waals surface area contributed by atoms with Crippen molar-refractivity contribution in [2.45, 2.75) is 64.7 Å². The van der Waals surface area contributed by atoms with Gasteiger partial charge in [0, 0.05) is 18.2 Å². The lowest BCUT2D eigenvalue weighted by atomic mass is 10.0. The van der Waals surface area contributed by atoms with Crippen LogP contribution in [0.25, 0.3) is 10.8 Å². The van der Waals surface area contributed by atoms with E-state index in [1.54, 1.807) is 12.1 Å². The third-order valence-electron chi connectivity index (χ3n) is 5.26. The molecular formula is C25H30N2O3. The number of hydrogen-bond acceptors (Lipinski definition) is 4. The number of carbonyl (C=O) groups excluding carboxylic acids is 1. The molecule has 5 nitrogen and oxygen atoms in total. The number of esters is 1. The van der Waals surface area contributed by atoms with Gasteiger partial charge in [0.2, 0.25) is 0 Å². The SMILES string of the molecule is CCCCCCCCCC(=O)Oc1cccc(Cc2n[nH]c(=O)c3ccccc23)c1. The van der Waals surface area contributed by atoms with Gasteiger partial charge in [-0.3, -0.25) is 9.59 Å². The Morgan fingerprint density at radius 2 is 1.67 bits per heavy atom. The molecule has 30 heavy (non-hydrogen) atoms. The number of H-pyrrole nitrogens is 1. The molecule has 2 aromatic carbocycles. The number of aromatic amines is 1. The van der Waals surface area contributed by atoms with E-state index in [9.17, 15) is 9.59 Å². The van der Waals surface area contributed by atoms with Gasteiger partial charge in [-0.05, 0) is 30.2 Å². The molecule has 5 heteroatoms. The van der Waals surface area contributed by atoms with Crippen molar-refractivity contribution in [3.8, 4) is 5.75 Å². The number of fused-ring (bicyclic) bond motifs is 1. The monoisotopic (exact) mass is 406 g/mol. The molecule has 0 spiro atoms. The molecule has 0 aliphatic heterocycles. The Hall–Kier alpha value is -2.95. The van der Waals surface area contributed by atoms with E-state index in [0.717, 1.165) is 29.5 Å². The van der Waals surface area contributed by atoms with E-state index in [2.05, 4.69) is 17.1 Å². The second kappa shape index (κ2) is 11.3. The molecule has 0 radical (unpaired) electrons. The predicted octanol–water partition coefficient (Wildman–Crippen LogP) is 5.56. The summed E-state index contributed by atoms with van der Waals surface area (Å²) < 4.78 is 5.53. The largest absolute Gasteiger partial charge is 0.427 e. The van der Waals surface area contributed by atoms with Crippen molar-refractivity contribution in [2.75, 3.05) is 0 Å². The molecule has 0 unspecified atom stereocenters. The number of ether oxygens (including phenoxy) is 1. The second-order valence-corrected chi connectivity index (χ2v) is 7.71. The molecule has 0 aliphatic rings. The molecule has 1 heterocycles. The van der Waals surface area contributed by atoms with Gasteiger partial charge in [-0.1, -0.05) is 75.8 Å². The molecule has 0 bridgehead atoms. The lowest BCUT2D eigenvalue weighted by molar-refractivity contribution is -0.134. The average Bonchev–Trinajstić information content (AvgIpc) is 2.75. The zero-order valence-corrected chi connectivity index (χ0v) is 17.7. The maximum Gasteiger partial charge on any atom is 0.311 e. The quantitative estimate of drug-likeness (QED) is 0.257. The summed E-state index contributed by atoms with van der Waals surface area (Å²) in [4.78, 5) is 24.1. The molecular weight excluding hydrogens is 376 g/mol. The van der Waals surface area contributed by atoms with Crippen LogP contribution in [0.5, 0.6) is 5.75 Å². The van der Waals surface area contributed by atoms with Crippen molar-refractivity contribution in [2.24, 2.45) is 0 Å². The number of nitrogens with zero attached hydrogens (tertiary/aromatic N) is 1. The van der Waals surface area contributed by atoms with E-state index < -0.39 is 0 Å². The number of benzene rings is 2. The molecule has 0 saturated carbocycles. The van der Waals surface area contributed by atoms with Crippen molar-refractivity contribution < 1.29 is 9.53 Å². The third kappa shape index (κ3) is 6.28. The van der Waals surface area contributed by atoms with Crippen LogP contribution in [0.4, 0.5) is 0 Å². The van der Waals surface area contributed by atoms with Crippen LogP contribution in [-0.2, 0) is 11.2 Å². The number of unbranched alkanes of at least 4 members (excludes halogenated alkanes) is 6. The number of aromatic nitrogens is 2. The van der Waals surface area contributed by atoms with Crippen molar-refractivity contribution in [3.05, 3.63) is 70.1 Å². The number of carbonyl (C=O) groups is 1. The van der Waals surface area contributed by atoms with Gasteiger partial charge >= 0.3 is 5.97 Å². The van der Waals surface area contributed by atoms with Crippen LogP contribution in [0, 0.1) is 0 Å². The minimum atomic E-state index is -0.192. The van der Waals surface area contributed by atoms with Crippen molar-refractivity contribution in [1.82, 2.24) is 10.2 Å². The number of nitrogens with one attached hydrogen (secondary N) is 1. The highest BCUT2D eigenvalue weighted by Gasteiger charge is 2.09. The molecule has 1 N–H and O–H groups in total. The summed E-state index contributed by atoms with van der Waals surface area (Å²) in [5.41, 5.74) is 1.57. The maximum absolute atomic E-state index is 12.2. The Bertz CT molecular complexity index is 1030. The van der Waals surface area contributed by atoms with Gasteiger partial charge in [-0.2, -0.15) is 5.10 Å². The van der Waals surface area contributed by atoms with Crippen LogP contribution in [-0.4, -0.2) is 16.2 Å². The van der Waals surface area contributed by atoms with E-state index in [1.165, 1.54) is 32.1 Å². The van der Waals surface area contributed by atoms with Gasteiger partial charge in [0.25, 0.3) is 5.56 Å². The highest BCUT2D eigenvalue weighted by molar-refractivity contribution is 5.83. The Balaban J connectivity index is 1.55. The van der Waals surface area contributed by atoms with E-state index in [-0.39, 0.29) is 11.5 Å². The highest BCUT2D eigenvalue weighted by atomic mass is 16.5. The Morgan fingerprint density at radius 1 is 0.933 bits per heavy atom. The van der Waals surface area contributed by atoms with Crippen molar-refractivity contribution >= 4 is 16.7 Å². The summed E-state index contributed by atoms with van der Waals surface area (Å²) in [6.45, 7) is 2.21. The standard InChI is InChI=1S/C25H30N2O3/c1-2-3-4-5-6-7-8-16-24(28)30-20-13-11-12-19(17-20)18-23-21-14-9-10-15-22(21)25(29)27-26-23/h9-15,17H,2-8,16,18H2,1H3,(H,27,29). The van der Waals surface area contributed by atoms with Gasteiger partial charge in [-0.25, -0.2) is 5.10 Å². The van der Waals surface area contributed by atoms with Crippen LogP contribution in [0.2, 0.25) is 0 Å². The Kier molecular flexibility index (Phi) is 8.19. The van der Waals surface area contributed by atoms with Gasteiger partial charge in [-0.15, -0.1) is 0 Å². The first kappa shape index (κ1) is 21.8. The smallest absolute Gasteiger partial charge is 0.311 e. The van der Waals surface area contributed by atoms with Crippen molar-refractivity contribution in [3.63, 3.8) is 0 Å². The molecule has 3 aromatic rings. The first-order valence-electron chi connectivity index (χ1n) is 10.9. The van der Waals surface area contributed by atoms with Crippen LogP contribution in [0.15, 0.2) is 53.3 Å². The Morgan fingerprint density at radius 3 is 2.47 bits per heavy atom. The predicted molar refractivity (Wildman–Crippen MR) is 120 cm³/mol. The van der Waals surface area contributed by atoms with Crippen LogP contribution >= 0.6 is 0 Å². The highest BCUT2D eigenvalue weighted by Crippen LogP contribution is 2.20. The van der Waals surface area contributed by atoms with Crippen LogP contribution in [0.3, 0.4) is 0 Å². The van der Waals surface area contributed by atoms with E-state index in [0.29, 0.717) is 24.0 Å². The summed E-state index contributed by atoms with van der Waals surface area (Å²) in [5.74, 6) is 0.363. The second-order valence-electron chi connectivity index (χ2n) is 7.71. The van der Waals surface area contributed by atoms with Crippen LogP contribution in [0.1, 0.15) is 69.5 Å². The lowest BCUT2D eigenvalue weighted by Crippen LogP contribution is -2.11.